The van der Waals surface area contributed by atoms with Crippen LogP contribution in [-0.2, 0) is 4.74 Å². The van der Waals surface area contributed by atoms with Gasteiger partial charge < -0.3 is 4.74 Å². The van der Waals surface area contributed by atoms with Gasteiger partial charge in [0.25, 0.3) is 0 Å². The standard InChI is InChI=1S/C14H13ClO/c1-16-14(11-5-3-2-4-6-11)12-7-9-13(15)10-8-12/h2-10,14H,1H3. The lowest BCUT2D eigenvalue weighted by Gasteiger charge is -2.16. The van der Waals surface area contributed by atoms with E-state index in [-0.39, 0.29) is 6.10 Å². The molecule has 1 atom stereocenters. The molecule has 1 unspecified atom stereocenters. The second kappa shape index (κ2) is 5.15. The van der Waals surface area contributed by atoms with Crippen molar-refractivity contribution < 1.29 is 4.74 Å². The first-order valence-electron chi connectivity index (χ1n) is 5.14. The van der Waals surface area contributed by atoms with E-state index in [9.17, 15) is 0 Å². The number of methoxy groups -OCH3 is 1. The van der Waals surface area contributed by atoms with E-state index in [1.165, 1.54) is 0 Å². The summed E-state index contributed by atoms with van der Waals surface area (Å²) in [6.45, 7) is 0. The lowest BCUT2D eigenvalue weighted by atomic mass is 10.0. The van der Waals surface area contributed by atoms with Crippen molar-refractivity contribution in [2.45, 2.75) is 6.10 Å². The molecule has 2 rings (SSSR count). The number of halogens is 1. The summed E-state index contributed by atoms with van der Waals surface area (Å²) in [4.78, 5) is 0. The summed E-state index contributed by atoms with van der Waals surface area (Å²) in [7, 11) is 1.71. The zero-order valence-corrected chi connectivity index (χ0v) is 9.82. The molecule has 0 fully saturated rings. The lowest BCUT2D eigenvalue weighted by Crippen LogP contribution is -2.02. The monoisotopic (exact) mass is 232 g/mol. The van der Waals surface area contributed by atoms with Crippen LogP contribution < -0.4 is 0 Å². The second-order valence-electron chi connectivity index (χ2n) is 3.58. The molecular formula is C14H13ClO. The van der Waals surface area contributed by atoms with Gasteiger partial charge in [-0.05, 0) is 23.3 Å². The molecule has 0 aliphatic heterocycles. The first kappa shape index (κ1) is 11.2. The van der Waals surface area contributed by atoms with Crippen molar-refractivity contribution in [3.63, 3.8) is 0 Å². The molecule has 0 N–H and O–H groups in total. The Bertz CT molecular complexity index is 436. The van der Waals surface area contributed by atoms with Crippen LogP contribution in [0, 0.1) is 0 Å². The van der Waals surface area contributed by atoms with E-state index >= 15 is 0 Å². The molecule has 0 spiro atoms. The fourth-order valence-corrected chi connectivity index (χ4v) is 1.86. The molecule has 0 aliphatic rings. The van der Waals surface area contributed by atoms with Gasteiger partial charge in [0, 0.05) is 12.1 Å². The largest absolute Gasteiger partial charge is 0.372 e. The summed E-state index contributed by atoms with van der Waals surface area (Å²) < 4.78 is 5.52. The zero-order chi connectivity index (χ0) is 11.4. The molecular weight excluding hydrogens is 220 g/mol. The fourth-order valence-electron chi connectivity index (χ4n) is 1.73. The molecule has 0 radical (unpaired) electrons. The summed E-state index contributed by atoms with van der Waals surface area (Å²) in [5.74, 6) is 0. The highest BCUT2D eigenvalue weighted by Crippen LogP contribution is 2.25. The van der Waals surface area contributed by atoms with Gasteiger partial charge in [-0.25, -0.2) is 0 Å². The van der Waals surface area contributed by atoms with Gasteiger partial charge in [0.2, 0.25) is 0 Å². The van der Waals surface area contributed by atoms with Crippen molar-refractivity contribution in [3.8, 4) is 0 Å². The molecule has 1 nitrogen and oxygen atoms in total. The van der Waals surface area contributed by atoms with Gasteiger partial charge in [0.1, 0.15) is 6.10 Å². The molecule has 82 valence electrons. The third-order valence-electron chi connectivity index (χ3n) is 2.51. The maximum absolute atomic E-state index is 5.86. The van der Waals surface area contributed by atoms with Gasteiger partial charge >= 0.3 is 0 Å². The van der Waals surface area contributed by atoms with Crippen LogP contribution in [0.25, 0.3) is 0 Å². The number of benzene rings is 2. The summed E-state index contributed by atoms with van der Waals surface area (Å²) in [5, 5.41) is 0.742. The average Bonchev–Trinajstić information content (AvgIpc) is 2.34. The van der Waals surface area contributed by atoms with E-state index in [1.54, 1.807) is 7.11 Å². The van der Waals surface area contributed by atoms with E-state index in [0.717, 1.165) is 16.1 Å². The van der Waals surface area contributed by atoms with E-state index in [0.29, 0.717) is 0 Å². The predicted octanol–water partition coefficient (Wildman–Crippen LogP) is 4.08. The highest BCUT2D eigenvalue weighted by atomic mass is 35.5. The van der Waals surface area contributed by atoms with E-state index in [1.807, 2.05) is 42.5 Å². The summed E-state index contributed by atoms with van der Waals surface area (Å²) in [6, 6.07) is 17.9. The Morgan fingerprint density at radius 3 is 2.00 bits per heavy atom. The van der Waals surface area contributed by atoms with Gasteiger partial charge in [-0.2, -0.15) is 0 Å². The van der Waals surface area contributed by atoms with Crippen LogP contribution in [0.1, 0.15) is 17.2 Å². The van der Waals surface area contributed by atoms with Crippen LogP contribution in [0.3, 0.4) is 0 Å². The van der Waals surface area contributed by atoms with E-state index in [4.69, 9.17) is 16.3 Å². The van der Waals surface area contributed by atoms with Crippen molar-refractivity contribution in [2.24, 2.45) is 0 Å². The maximum Gasteiger partial charge on any atom is 0.107 e. The second-order valence-corrected chi connectivity index (χ2v) is 4.01. The molecule has 0 amide bonds. The van der Waals surface area contributed by atoms with Crippen molar-refractivity contribution >= 4 is 11.6 Å². The molecule has 0 aliphatic carbocycles. The Balaban J connectivity index is 2.33. The summed E-state index contributed by atoms with van der Waals surface area (Å²) in [5.41, 5.74) is 2.26. The Hall–Kier alpha value is -1.31. The van der Waals surface area contributed by atoms with Crippen LogP contribution in [0.4, 0.5) is 0 Å². The van der Waals surface area contributed by atoms with Crippen LogP contribution in [-0.4, -0.2) is 7.11 Å². The molecule has 16 heavy (non-hydrogen) atoms. The molecule has 0 bridgehead atoms. The number of ether oxygens (including phenoxy) is 1. The van der Waals surface area contributed by atoms with Crippen LogP contribution >= 0.6 is 11.6 Å². The Morgan fingerprint density at radius 2 is 1.44 bits per heavy atom. The van der Waals surface area contributed by atoms with Crippen molar-refractivity contribution in [3.05, 3.63) is 70.7 Å². The quantitative estimate of drug-likeness (QED) is 0.775. The lowest BCUT2D eigenvalue weighted by molar-refractivity contribution is 0.136. The topological polar surface area (TPSA) is 9.23 Å². The van der Waals surface area contributed by atoms with Gasteiger partial charge in [-0.15, -0.1) is 0 Å². The third-order valence-corrected chi connectivity index (χ3v) is 2.76. The van der Waals surface area contributed by atoms with Crippen molar-refractivity contribution in [1.82, 2.24) is 0 Å². The van der Waals surface area contributed by atoms with E-state index in [2.05, 4.69) is 12.1 Å². The molecule has 2 aromatic rings. The van der Waals surface area contributed by atoms with Gasteiger partial charge in [-0.1, -0.05) is 54.1 Å². The summed E-state index contributed by atoms with van der Waals surface area (Å²) in [6.07, 6.45) is -0.0292. The SMILES string of the molecule is COC(c1ccccc1)c1ccc(Cl)cc1. The number of rotatable bonds is 3. The van der Waals surface area contributed by atoms with Crippen LogP contribution in [0.5, 0.6) is 0 Å². The minimum Gasteiger partial charge on any atom is -0.372 e. The average molecular weight is 233 g/mol. The summed E-state index contributed by atoms with van der Waals surface area (Å²) >= 11 is 5.86. The minimum absolute atomic E-state index is 0.0292. The van der Waals surface area contributed by atoms with Crippen LogP contribution in [0.2, 0.25) is 5.02 Å². The molecule has 0 heterocycles. The number of hydrogen-bond acceptors (Lipinski definition) is 1. The molecule has 2 aromatic carbocycles. The van der Waals surface area contributed by atoms with Gasteiger partial charge in [0.15, 0.2) is 0 Å². The zero-order valence-electron chi connectivity index (χ0n) is 9.06. The highest BCUT2D eigenvalue weighted by molar-refractivity contribution is 6.30. The molecule has 0 aromatic heterocycles. The Kier molecular flexibility index (Phi) is 3.60. The van der Waals surface area contributed by atoms with Crippen LogP contribution in [0.15, 0.2) is 54.6 Å². The smallest absolute Gasteiger partial charge is 0.107 e. The van der Waals surface area contributed by atoms with Crippen molar-refractivity contribution in [1.29, 1.82) is 0 Å². The molecule has 2 heteroatoms. The third kappa shape index (κ3) is 2.43. The fraction of sp³-hybridized carbons (Fsp3) is 0.143. The Morgan fingerprint density at radius 1 is 0.875 bits per heavy atom. The van der Waals surface area contributed by atoms with Crippen molar-refractivity contribution in [2.75, 3.05) is 7.11 Å². The molecule has 0 saturated heterocycles. The predicted molar refractivity (Wildman–Crippen MR) is 66.7 cm³/mol. The Labute approximate surface area is 101 Å². The van der Waals surface area contributed by atoms with E-state index < -0.39 is 0 Å². The van der Waals surface area contributed by atoms with Gasteiger partial charge in [-0.3, -0.25) is 0 Å². The first-order valence-corrected chi connectivity index (χ1v) is 5.52. The molecule has 0 saturated carbocycles. The first-order chi connectivity index (χ1) is 7.81. The van der Waals surface area contributed by atoms with Gasteiger partial charge in [0.05, 0.1) is 0 Å². The normalized spacial score (nSPS) is 12.4. The maximum atomic E-state index is 5.86. The number of hydrogen-bond donors (Lipinski definition) is 0. The minimum atomic E-state index is -0.0292. The highest BCUT2D eigenvalue weighted by Gasteiger charge is 2.11.